The predicted octanol–water partition coefficient (Wildman–Crippen LogP) is 4.60. The van der Waals surface area contributed by atoms with Crippen LogP contribution in [-0.4, -0.2) is 40.4 Å². The maximum absolute atomic E-state index is 12.9. The fourth-order valence-corrected chi connectivity index (χ4v) is 5.58. The van der Waals surface area contributed by atoms with Gasteiger partial charge < -0.3 is 10.2 Å². The largest absolute Gasteiger partial charge is 0.357 e. The number of amides is 1. The topological polar surface area (TPSA) is 61.4 Å². The Kier molecular flexibility index (Phi) is 6.39. The number of carbonyl (C=O) groups excluding carboxylic acids is 1. The molecule has 8 heteroatoms. The lowest BCUT2D eigenvalue weighted by Crippen LogP contribution is -2.38. The van der Waals surface area contributed by atoms with Crippen molar-refractivity contribution in [2.75, 3.05) is 29.9 Å². The molecule has 0 unspecified atom stereocenters. The molecule has 32 heavy (non-hydrogen) atoms. The predicted molar refractivity (Wildman–Crippen MR) is 129 cm³/mol. The lowest BCUT2D eigenvalue weighted by atomic mass is 9.96. The second-order valence-electron chi connectivity index (χ2n) is 8.42. The van der Waals surface area contributed by atoms with Gasteiger partial charge in [0.1, 0.15) is 5.82 Å². The molecule has 2 aromatic heterocycles. The van der Waals surface area contributed by atoms with Gasteiger partial charge in [0, 0.05) is 56.1 Å². The number of rotatable bonds is 5. The summed E-state index contributed by atoms with van der Waals surface area (Å²) in [6, 6.07) is 14.3. The van der Waals surface area contributed by atoms with Crippen molar-refractivity contribution in [3.8, 4) is 0 Å². The average Bonchev–Trinajstić information content (AvgIpc) is 3.22. The minimum Gasteiger partial charge on any atom is -0.357 e. The summed E-state index contributed by atoms with van der Waals surface area (Å²) >= 11 is 7.56. The smallest absolute Gasteiger partial charge is 0.229 e. The van der Waals surface area contributed by atoms with Crippen LogP contribution in [0.3, 0.4) is 0 Å². The van der Waals surface area contributed by atoms with Crippen molar-refractivity contribution in [1.82, 2.24) is 14.9 Å². The van der Waals surface area contributed by atoms with Crippen LogP contribution in [0.1, 0.15) is 29.0 Å². The van der Waals surface area contributed by atoms with Gasteiger partial charge in [0.2, 0.25) is 5.91 Å². The van der Waals surface area contributed by atoms with E-state index in [9.17, 15) is 4.79 Å². The van der Waals surface area contributed by atoms with Crippen LogP contribution in [0.4, 0.5) is 10.9 Å². The van der Waals surface area contributed by atoms with Gasteiger partial charge in [-0.25, -0.2) is 9.97 Å². The highest BCUT2D eigenvalue weighted by molar-refractivity contribution is 7.15. The van der Waals surface area contributed by atoms with E-state index in [0.717, 1.165) is 68.6 Å². The summed E-state index contributed by atoms with van der Waals surface area (Å²) in [5, 5.41) is 4.47. The summed E-state index contributed by atoms with van der Waals surface area (Å²) in [6.45, 7) is 4.46. The summed E-state index contributed by atoms with van der Waals surface area (Å²) in [7, 11) is 0. The van der Waals surface area contributed by atoms with Crippen molar-refractivity contribution in [2.45, 2.75) is 32.4 Å². The highest BCUT2D eigenvalue weighted by atomic mass is 35.5. The Hall–Kier alpha value is -2.48. The molecule has 0 saturated carbocycles. The number of piperidine rings is 1. The monoisotopic (exact) mass is 467 g/mol. The van der Waals surface area contributed by atoms with Gasteiger partial charge in [-0.2, -0.15) is 0 Å². The fourth-order valence-electron chi connectivity index (χ4n) is 4.41. The van der Waals surface area contributed by atoms with Gasteiger partial charge >= 0.3 is 0 Å². The van der Waals surface area contributed by atoms with Crippen LogP contribution in [0.5, 0.6) is 0 Å². The van der Waals surface area contributed by atoms with E-state index in [0.29, 0.717) is 5.02 Å². The Morgan fingerprint density at radius 1 is 1.12 bits per heavy atom. The minimum absolute atomic E-state index is 0.00839. The molecule has 1 amide bonds. The molecule has 1 aromatic carbocycles. The van der Waals surface area contributed by atoms with E-state index >= 15 is 0 Å². The summed E-state index contributed by atoms with van der Waals surface area (Å²) in [5.74, 6) is 1.01. The number of carbonyl (C=O) groups is 1. The zero-order chi connectivity index (χ0) is 21.9. The second kappa shape index (κ2) is 9.57. The number of benzene rings is 1. The number of fused-ring (bicyclic) bond motifs is 1. The van der Waals surface area contributed by atoms with Crippen LogP contribution >= 0.6 is 22.9 Å². The third-order valence-electron chi connectivity index (χ3n) is 6.19. The summed E-state index contributed by atoms with van der Waals surface area (Å²) in [5.41, 5.74) is 2.47. The molecule has 4 heterocycles. The number of halogens is 1. The van der Waals surface area contributed by atoms with E-state index in [1.165, 1.54) is 10.4 Å². The van der Waals surface area contributed by atoms with Crippen molar-refractivity contribution in [2.24, 2.45) is 5.92 Å². The van der Waals surface area contributed by atoms with Crippen LogP contribution < -0.4 is 10.2 Å². The molecule has 1 saturated heterocycles. The molecule has 0 aliphatic carbocycles. The highest BCUT2D eigenvalue weighted by Crippen LogP contribution is 2.30. The average molecular weight is 468 g/mol. The zero-order valence-corrected chi connectivity index (χ0v) is 19.4. The summed E-state index contributed by atoms with van der Waals surface area (Å²) in [6.07, 6.45) is 4.22. The van der Waals surface area contributed by atoms with Crippen molar-refractivity contribution >= 4 is 39.8 Å². The SMILES string of the molecule is O=C(Nc1nc2c(s1)CN(Cc1ccccc1)CC2)C1CCN(c2ccc(Cl)cn2)CC1. The van der Waals surface area contributed by atoms with Gasteiger partial charge in [0.05, 0.1) is 10.7 Å². The minimum atomic E-state index is 0.00839. The van der Waals surface area contributed by atoms with Gasteiger partial charge in [0.25, 0.3) is 0 Å². The van der Waals surface area contributed by atoms with E-state index in [1.807, 2.05) is 18.2 Å². The Labute approximate surface area is 197 Å². The Bertz CT molecular complexity index is 1060. The fraction of sp³-hybridized carbons (Fsp3) is 0.375. The molecule has 2 aliphatic heterocycles. The molecule has 1 fully saturated rings. The Morgan fingerprint density at radius 2 is 1.94 bits per heavy atom. The maximum Gasteiger partial charge on any atom is 0.229 e. The van der Waals surface area contributed by atoms with Gasteiger partial charge in [-0.3, -0.25) is 9.69 Å². The standard InChI is InChI=1S/C24H26ClN5OS/c25-19-6-7-22(26-14-19)30-12-8-18(9-13-30)23(31)28-24-27-20-10-11-29(16-21(20)32-24)15-17-4-2-1-3-5-17/h1-7,14,18H,8-13,15-16H2,(H,27,28,31). The van der Waals surface area contributed by atoms with Gasteiger partial charge in [-0.1, -0.05) is 41.9 Å². The normalized spacial score (nSPS) is 17.2. The van der Waals surface area contributed by atoms with Crippen molar-refractivity contribution in [1.29, 1.82) is 0 Å². The lowest BCUT2D eigenvalue weighted by Gasteiger charge is -2.32. The molecule has 166 valence electrons. The number of thiazole rings is 1. The first-order valence-corrected chi connectivity index (χ1v) is 12.3. The molecule has 2 aliphatic rings. The number of nitrogens with zero attached hydrogens (tertiary/aromatic N) is 4. The molecular weight excluding hydrogens is 442 g/mol. The van der Waals surface area contributed by atoms with E-state index in [2.05, 4.69) is 44.4 Å². The van der Waals surface area contributed by atoms with Crippen LogP contribution in [0, 0.1) is 5.92 Å². The molecule has 0 atom stereocenters. The maximum atomic E-state index is 12.9. The first kappa shape index (κ1) is 21.4. The van der Waals surface area contributed by atoms with Crippen LogP contribution in [0.25, 0.3) is 0 Å². The number of anilines is 2. The molecule has 5 rings (SSSR count). The van der Waals surface area contributed by atoms with Crippen LogP contribution in [-0.2, 0) is 24.3 Å². The molecular formula is C24H26ClN5OS. The van der Waals surface area contributed by atoms with Gasteiger partial charge in [0.15, 0.2) is 5.13 Å². The third kappa shape index (κ3) is 4.95. The zero-order valence-electron chi connectivity index (χ0n) is 17.8. The lowest BCUT2D eigenvalue weighted by molar-refractivity contribution is -0.120. The van der Waals surface area contributed by atoms with E-state index in [1.54, 1.807) is 17.5 Å². The first-order chi connectivity index (χ1) is 15.6. The highest BCUT2D eigenvalue weighted by Gasteiger charge is 2.27. The number of aromatic nitrogens is 2. The van der Waals surface area contributed by atoms with Crippen LogP contribution in [0.15, 0.2) is 48.7 Å². The number of nitrogens with one attached hydrogen (secondary N) is 1. The van der Waals surface area contributed by atoms with E-state index < -0.39 is 0 Å². The quantitative estimate of drug-likeness (QED) is 0.594. The van der Waals surface area contributed by atoms with Crippen molar-refractivity contribution in [3.63, 3.8) is 0 Å². The summed E-state index contributed by atoms with van der Waals surface area (Å²) in [4.78, 5) is 27.9. The molecule has 6 nitrogen and oxygen atoms in total. The molecule has 0 spiro atoms. The molecule has 3 aromatic rings. The van der Waals surface area contributed by atoms with Crippen molar-refractivity contribution < 1.29 is 4.79 Å². The van der Waals surface area contributed by atoms with E-state index in [4.69, 9.17) is 16.6 Å². The van der Waals surface area contributed by atoms with Crippen molar-refractivity contribution in [3.05, 3.63) is 69.8 Å². The summed E-state index contributed by atoms with van der Waals surface area (Å²) < 4.78 is 0. The van der Waals surface area contributed by atoms with Gasteiger partial charge in [-0.15, -0.1) is 11.3 Å². The first-order valence-electron chi connectivity index (χ1n) is 11.1. The van der Waals surface area contributed by atoms with E-state index in [-0.39, 0.29) is 11.8 Å². The number of pyridine rings is 1. The molecule has 0 radical (unpaired) electrons. The van der Waals surface area contributed by atoms with Crippen LogP contribution in [0.2, 0.25) is 5.02 Å². The number of hydrogen-bond donors (Lipinski definition) is 1. The molecule has 1 N–H and O–H groups in total. The van der Waals surface area contributed by atoms with Gasteiger partial charge in [-0.05, 0) is 30.5 Å². The Balaban J connectivity index is 1.15. The molecule has 0 bridgehead atoms. The third-order valence-corrected chi connectivity index (χ3v) is 7.41. The Morgan fingerprint density at radius 3 is 2.69 bits per heavy atom. The number of hydrogen-bond acceptors (Lipinski definition) is 6. The second-order valence-corrected chi connectivity index (χ2v) is 9.94.